The standard InChI is InChI=1S/C17H16N2O3/c20-17-18-15-16(19-17)22-14(12-9-5-2-6-10-12)13(21-15)11-7-3-1-4-8-11/h1-10,13-16H,(H2,18,19,20)/t13-,14+,15+,16-. The Morgan fingerprint density at radius 3 is 1.50 bits per heavy atom. The van der Waals surface area contributed by atoms with E-state index in [1.807, 2.05) is 60.7 Å². The molecule has 2 aromatic rings. The molecule has 0 saturated carbocycles. The van der Waals surface area contributed by atoms with Gasteiger partial charge in [0.1, 0.15) is 12.2 Å². The van der Waals surface area contributed by atoms with Crippen LogP contribution in [0.4, 0.5) is 4.79 Å². The molecule has 2 N–H and O–H groups in total. The first-order valence-corrected chi connectivity index (χ1v) is 7.29. The molecule has 0 bridgehead atoms. The summed E-state index contributed by atoms with van der Waals surface area (Å²) in [6.07, 6.45) is -1.49. The van der Waals surface area contributed by atoms with E-state index in [1.54, 1.807) is 0 Å². The second-order valence-corrected chi connectivity index (χ2v) is 5.39. The van der Waals surface area contributed by atoms with Gasteiger partial charge in [0.05, 0.1) is 0 Å². The first-order chi connectivity index (χ1) is 10.8. The molecule has 2 fully saturated rings. The second-order valence-electron chi connectivity index (χ2n) is 5.39. The van der Waals surface area contributed by atoms with Gasteiger partial charge in [0.25, 0.3) is 0 Å². The zero-order valence-electron chi connectivity index (χ0n) is 11.8. The van der Waals surface area contributed by atoms with E-state index in [1.165, 1.54) is 0 Å². The molecule has 4 rings (SSSR count). The van der Waals surface area contributed by atoms with Crippen molar-refractivity contribution in [1.82, 2.24) is 10.6 Å². The summed E-state index contributed by atoms with van der Waals surface area (Å²) in [6, 6.07) is 19.6. The van der Waals surface area contributed by atoms with Gasteiger partial charge < -0.3 is 20.1 Å². The van der Waals surface area contributed by atoms with Crippen LogP contribution >= 0.6 is 0 Å². The van der Waals surface area contributed by atoms with Gasteiger partial charge in [-0.2, -0.15) is 0 Å². The van der Waals surface area contributed by atoms with E-state index in [0.717, 1.165) is 11.1 Å². The van der Waals surface area contributed by atoms with Gasteiger partial charge in [-0.3, -0.25) is 0 Å². The zero-order chi connectivity index (χ0) is 14.9. The molecule has 0 spiro atoms. The van der Waals surface area contributed by atoms with Crippen LogP contribution < -0.4 is 10.6 Å². The molecule has 2 aromatic carbocycles. The maximum atomic E-state index is 11.5. The van der Waals surface area contributed by atoms with Crippen LogP contribution in [0, 0.1) is 0 Å². The van der Waals surface area contributed by atoms with Gasteiger partial charge in [-0.05, 0) is 11.1 Å². The van der Waals surface area contributed by atoms with Crippen molar-refractivity contribution in [3.05, 3.63) is 71.8 Å². The van der Waals surface area contributed by atoms with Gasteiger partial charge in [0, 0.05) is 0 Å². The van der Waals surface area contributed by atoms with Crippen LogP contribution in [-0.2, 0) is 9.47 Å². The van der Waals surface area contributed by atoms with Gasteiger partial charge in [-0.15, -0.1) is 0 Å². The molecule has 2 saturated heterocycles. The summed E-state index contributed by atoms with van der Waals surface area (Å²) in [7, 11) is 0. The van der Waals surface area contributed by atoms with Crippen molar-refractivity contribution < 1.29 is 14.3 Å². The summed E-state index contributed by atoms with van der Waals surface area (Å²) in [5, 5.41) is 5.46. The highest BCUT2D eigenvalue weighted by molar-refractivity contribution is 5.76. The molecule has 22 heavy (non-hydrogen) atoms. The first-order valence-electron chi connectivity index (χ1n) is 7.29. The molecule has 5 nitrogen and oxygen atoms in total. The van der Waals surface area contributed by atoms with Crippen LogP contribution in [0.15, 0.2) is 60.7 Å². The lowest BCUT2D eigenvalue weighted by Crippen LogP contribution is -2.46. The third-order valence-corrected chi connectivity index (χ3v) is 3.94. The Hall–Kier alpha value is -2.37. The summed E-state index contributed by atoms with van der Waals surface area (Å²) >= 11 is 0. The molecular formula is C17H16N2O3. The smallest absolute Gasteiger partial charge is 0.319 e. The Bertz CT molecular complexity index is 605. The summed E-state index contributed by atoms with van der Waals surface area (Å²) in [5.41, 5.74) is 2.05. The Morgan fingerprint density at radius 2 is 1.09 bits per heavy atom. The number of nitrogens with one attached hydrogen (secondary N) is 2. The predicted molar refractivity (Wildman–Crippen MR) is 79.8 cm³/mol. The van der Waals surface area contributed by atoms with Crippen LogP contribution in [0.2, 0.25) is 0 Å². The van der Waals surface area contributed by atoms with Gasteiger partial charge >= 0.3 is 6.03 Å². The number of hydrogen-bond donors (Lipinski definition) is 2. The van der Waals surface area contributed by atoms with Crippen molar-refractivity contribution in [2.24, 2.45) is 0 Å². The van der Waals surface area contributed by atoms with Crippen molar-refractivity contribution in [3.63, 3.8) is 0 Å². The minimum Gasteiger partial charge on any atom is -0.343 e. The fourth-order valence-corrected chi connectivity index (χ4v) is 2.91. The van der Waals surface area contributed by atoms with Crippen LogP contribution in [0.3, 0.4) is 0 Å². The van der Waals surface area contributed by atoms with E-state index in [2.05, 4.69) is 10.6 Å². The minimum absolute atomic E-state index is 0.268. The second kappa shape index (κ2) is 5.44. The Balaban J connectivity index is 1.70. The predicted octanol–water partition coefficient (Wildman–Crippen LogP) is 2.48. The van der Waals surface area contributed by atoms with Crippen molar-refractivity contribution in [2.75, 3.05) is 0 Å². The number of carbonyl (C=O) groups excluding carboxylic acids is 1. The lowest BCUT2D eigenvalue weighted by Gasteiger charge is -2.38. The SMILES string of the molecule is O=C1N[C@@H]2O[C@@H](c3ccccc3)[C@@H](c3ccccc3)O[C@@H]2N1. The van der Waals surface area contributed by atoms with Crippen LogP contribution in [0.1, 0.15) is 23.3 Å². The highest BCUT2D eigenvalue weighted by Crippen LogP contribution is 2.41. The lowest BCUT2D eigenvalue weighted by molar-refractivity contribution is -0.226. The summed E-state index contributed by atoms with van der Waals surface area (Å²) in [6.45, 7) is 0. The molecule has 2 aliphatic heterocycles. The van der Waals surface area contributed by atoms with Crippen LogP contribution in [-0.4, -0.2) is 18.5 Å². The van der Waals surface area contributed by atoms with E-state index in [4.69, 9.17) is 9.47 Å². The van der Waals surface area contributed by atoms with Gasteiger partial charge in [0.15, 0.2) is 12.5 Å². The molecule has 0 aliphatic carbocycles. The van der Waals surface area contributed by atoms with E-state index < -0.39 is 12.5 Å². The zero-order valence-corrected chi connectivity index (χ0v) is 11.8. The van der Waals surface area contributed by atoms with Gasteiger partial charge in [-0.25, -0.2) is 4.79 Å². The van der Waals surface area contributed by atoms with Crippen LogP contribution in [0.5, 0.6) is 0 Å². The van der Waals surface area contributed by atoms with Crippen molar-refractivity contribution in [3.8, 4) is 0 Å². The number of carbonyl (C=O) groups is 1. The van der Waals surface area contributed by atoms with E-state index in [-0.39, 0.29) is 18.2 Å². The molecule has 2 aliphatic rings. The van der Waals surface area contributed by atoms with Crippen LogP contribution in [0.25, 0.3) is 0 Å². The highest BCUT2D eigenvalue weighted by atomic mass is 16.6. The van der Waals surface area contributed by atoms with Crippen molar-refractivity contribution in [1.29, 1.82) is 0 Å². The van der Waals surface area contributed by atoms with Crippen molar-refractivity contribution in [2.45, 2.75) is 24.7 Å². The normalized spacial score (nSPS) is 30.3. The fourth-order valence-electron chi connectivity index (χ4n) is 2.91. The third kappa shape index (κ3) is 2.34. The summed E-state index contributed by atoms with van der Waals surface area (Å²) in [4.78, 5) is 11.5. The summed E-state index contributed by atoms with van der Waals surface area (Å²) < 4.78 is 12.2. The van der Waals surface area contributed by atoms with E-state index in [9.17, 15) is 4.79 Å². The molecule has 112 valence electrons. The Kier molecular flexibility index (Phi) is 3.29. The first kappa shape index (κ1) is 13.3. The topological polar surface area (TPSA) is 59.6 Å². The maximum absolute atomic E-state index is 11.5. The van der Waals surface area contributed by atoms with Gasteiger partial charge in [-0.1, -0.05) is 60.7 Å². The monoisotopic (exact) mass is 296 g/mol. The number of amides is 2. The molecule has 0 aromatic heterocycles. The molecule has 2 amide bonds. The Morgan fingerprint density at radius 1 is 0.682 bits per heavy atom. The number of fused-ring (bicyclic) bond motifs is 1. The number of rotatable bonds is 2. The Labute approximate surface area is 128 Å². The highest BCUT2D eigenvalue weighted by Gasteiger charge is 2.45. The largest absolute Gasteiger partial charge is 0.343 e. The van der Waals surface area contributed by atoms with Crippen molar-refractivity contribution >= 4 is 6.03 Å². The minimum atomic E-state index is -0.474. The maximum Gasteiger partial charge on any atom is 0.319 e. The molecular weight excluding hydrogens is 280 g/mol. The average molecular weight is 296 g/mol. The molecule has 0 unspecified atom stereocenters. The molecule has 5 heteroatoms. The van der Waals surface area contributed by atoms with E-state index in [0.29, 0.717) is 0 Å². The number of benzene rings is 2. The number of urea groups is 1. The summed E-state index contributed by atoms with van der Waals surface area (Å²) in [5.74, 6) is 0. The van der Waals surface area contributed by atoms with E-state index >= 15 is 0 Å². The number of ether oxygens (including phenoxy) is 2. The quantitative estimate of drug-likeness (QED) is 0.895. The van der Waals surface area contributed by atoms with Gasteiger partial charge in [0.2, 0.25) is 0 Å². The average Bonchev–Trinajstić information content (AvgIpc) is 2.94. The fraction of sp³-hybridized carbons (Fsp3) is 0.235. The number of hydrogen-bond acceptors (Lipinski definition) is 3. The lowest BCUT2D eigenvalue weighted by atomic mass is 9.97. The molecule has 4 atom stereocenters. The molecule has 2 heterocycles. The molecule has 0 radical (unpaired) electrons. The third-order valence-electron chi connectivity index (χ3n) is 3.94.